The molecule has 1 aliphatic heterocycles. The number of rotatable bonds is 8. The van der Waals surface area contributed by atoms with Gasteiger partial charge in [-0.3, -0.25) is 19.5 Å². The topological polar surface area (TPSA) is 142 Å². The summed E-state index contributed by atoms with van der Waals surface area (Å²) in [7, 11) is 1.49. The van der Waals surface area contributed by atoms with Crippen molar-refractivity contribution in [1.29, 1.82) is 0 Å². The average Bonchev–Trinajstić information content (AvgIpc) is 3.19. The minimum absolute atomic E-state index is 0.101. The fourth-order valence-electron chi connectivity index (χ4n) is 4.25. The third-order valence-electron chi connectivity index (χ3n) is 5.95. The summed E-state index contributed by atoms with van der Waals surface area (Å²) in [5, 5.41) is 21.4. The Balaban J connectivity index is 2.01. The van der Waals surface area contributed by atoms with Crippen LogP contribution in [0.1, 0.15) is 37.9 Å². The number of benzene rings is 2. The summed E-state index contributed by atoms with van der Waals surface area (Å²) < 4.78 is 18.8. The molecule has 2 aromatic carbocycles. The van der Waals surface area contributed by atoms with Crippen LogP contribution in [0.4, 0.5) is 5.69 Å². The minimum Gasteiger partial charge on any atom is -0.501 e. The molecule has 0 bridgehead atoms. The molecule has 3 aromatic rings. The van der Waals surface area contributed by atoms with Gasteiger partial charge in [0.15, 0.2) is 16.3 Å². The highest BCUT2D eigenvalue weighted by Gasteiger charge is 2.35. The third kappa shape index (κ3) is 5.43. The Labute approximate surface area is 248 Å². The van der Waals surface area contributed by atoms with E-state index in [0.29, 0.717) is 44.2 Å². The molecule has 14 heteroatoms. The number of halogens is 2. The number of fused-ring (bicyclic) bond motifs is 1. The molecule has 11 nitrogen and oxygen atoms in total. The lowest BCUT2D eigenvalue weighted by Crippen LogP contribution is -2.40. The van der Waals surface area contributed by atoms with E-state index in [2.05, 4.69) is 36.9 Å². The van der Waals surface area contributed by atoms with E-state index in [1.54, 1.807) is 26.0 Å². The maximum Gasteiger partial charge on any atom is 0.338 e. The van der Waals surface area contributed by atoms with Crippen molar-refractivity contribution in [3.8, 4) is 17.2 Å². The molecule has 2 heterocycles. The number of thiazole rings is 1. The van der Waals surface area contributed by atoms with Crippen molar-refractivity contribution in [2.24, 2.45) is 4.99 Å². The average molecular weight is 697 g/mol. The number of ether oxygens (including phenoxy) is 3. The second-order valence-electron chi connectivity index (χ2n) is 8.39. The van der Waals surface area contributed by atoms with Crippen molar-refractivity contribution in [2.45, 2.75) is 26.8 Å². The van der Waals surface area contributed by atoms with Crippen molar-refractivity contribution in [3.63, 3.8) is 0 Å². The van der Waals surface area contributed by atoms with Crippen LogP contribution < -0.4 is 24.4 Å². The number of esters is 1. The Morgan fingerprint density at radius 2 is 1.93 bits per heavy atom. The van der Waals surface area contributed by atoms with Gasteiger partial charge in [0, 0.05) is 10.5 Å². The second-order valence-corrected chi connectivity index (χ2v) is 11.1. The van der Waals surface area contributed by atoms with Crippen molar-refractivity contribution in [1.82, 2.24) is 4.57 Å². The molecule has 1 atom stereocenters. The van der Waals surface area contributed by atoms with Crippen LogP contribution in [0.2, 0.25) is 0 Å². The zero-order chi connectivity index (χ0) is 29.3. The summed E-state index contributed by atoms with van der Waals surface area (Å²) in [5.41, 5.74) is 0.401. The van der Waals surface area contributed by atoms with E-state index in [0.717, 1.165) is 11.3 Å². The maximum absolute atomic E-state index is 13.9. The van der Waals surface area contributed by atoms with Gasteiger partial charge in [-0.05, 0) is 72.1 Å². The van der Waals surface area contributed by atoms with E-state index in [1.807, 2.05) is 6.92 Å². The fourth-order valence-corrected chi connectivity index (χ4v) is 6.31. The van der Waals surface area contributed by atoms with Gasteiger partial charge in [-0.25, -0.2) is 9.79 Å². The largest absolute Gasteiger partial charge is 0.501 e. The van der Waals surface area contributed by atoms with E-state index in [-0.39, 0.29) is 21.2 Å². The molecule has 0 radical (unpaired) electrons. The molecule has 1 N–H and O–H groups in total. The van der Waals surface area contributed by atoms with Crippen LogP contribution in [0.15, 0.2) is 54.3 Å². The number of aromatic nitrogens is 1. The summed E-state index contributed by atoms with van der Waals surface area (Å²) in [4.78, 5) is 42.6. The van der Waals surface area contributed by atoms with Crippen LogP contribution in [0.3, 0.4) is 0 Å². The molecule has 0 spiro atoms. The normalized spacial score (nSPS) is 14.9. The number of allylic oxidation sites excluding steroid dienone is 1. The van der Waals surface area contributed by atoms with Crippen LogP contribution in [-0.2, 0) is 9.53 Å². The maximum atomic E-state index is 13.9. The Hall–Kier alpha value is -3.49. The zero-order valence-corrected chi connectivity index (χ0v) is 25.7. The standard InChI is InChI=1S/C26H23Br2N3O8S/c1-5-38-19-11-15(27)14(10-18(19)37-4)22-21(25(34)39-6-2)12(3)29-26-30(22)24(33)20(40-26)9-13-7-16(28)23(32)17(8-13)31(35)36/h7-11,22,32H,5-6H2,1-4H3/b20-9+/t22-/m1/s1. The summed E-state index contributed by atoms with van der Waals surface area (Å²) >= 11 is 7.75. The first-order valence-electron chi connectivity index (χ1n) is 11.9. The molecule has 210 valence electrons. The quantitative estimate of drug-likeness (QED) is 0.208. The monoisotopic (exact) mass is 695 g/mol. The number of hydrogen-bond acceptors (Lipinski definition) is 10. The summed E-state index contributed by atoms with van der Waals surface area (Å²) in [6.45, 7) is 5.70. The number of methoxy groups -OCH3 is 1. The van der Waals surface area contributed by atoms with E-state index in [4.69, 9.17) is 14.2 Å². The number of nitrogens with zero attached hydrogens (tertiary/aromatic N) is 3. The third-order valence-corrected chi connectivity index (χ3v) is 8.23. The summed E-state index contributed by atoms with van der Waals surface area (Å²) in [5.74, 6) is -0.263. The molecule has 1 aliphatic rings. The van der Waals surface area contributed by atoms with Crippen molar-refractivity contribution in [2.75, 3.05) is 20.3 Å². The molecule has 0 aliphatic carbocycles. The smallest absolute Gasteiger partial charge is 0.338 e. The highest BCUT2D eigenvalue weighted by Crippen LogP contribution is 2.41. The molecule has 0 saturated heterocycles. The zero-order valence-electron chi connectivity index (χ0n) is 21.7. The van der Waals surface area contributed by atoms with Crippen LogP contribution in [0.5, 0.6) is 17.2 Å². The van der Waals surface area contributed by atoms with Gasteiger partial charge < -0.3 is 19.3 Å². The van der Waals surface area contributed by atoms with Gasteiger partial charge in [0.05, 0.1) is 51.6 Å². The van der Waals surface area contributed by atoms with E-state index in [9.17, 15) is 24.8 Å². The fraction of sp³-hybridized carbons (Fsp3) is 0.269. The number of carbonyl (C=O) groups is 1. The number of carbonyl (C=O) groups excluding carboxylic acids is 1. The lowest BCUT2D eigenvalue weighted by Gasteiger charge is -2.26. The van der Waals surface area contributed by atoms with Gasteiger partial charge in [-0.1, -0.05) is 27.3 Å². The highest BCUT2D eigenvalue weighted by molar-refractivity contribution is 9.10. The van der Waals surface area contributed by atoms with E-state index < -0.39 is 33.9 Å². The van der Waals surface area contributed by atoms with E-state index >= 15 is 0 Å². The predicted molar refractivity (Wildman–Crippen MR) is 155 cm³/mol. The van der Waals surface area contributed by atoms with Crippen molar-refractivity contribution >= 4 is 60.9 Å². The molecule has 0 fully saturated rings. The first-order valence-corrected chi connectivity index (χ1v) is 14.3. The van der Waals surface area contributed by atoms with Crippen LogP contribution in [0, 0.1) is 10.1 Å². The van der Waals surface area contributed by atoms with Crippen LogP contribution >= 0.6 is 43.2 Å². The first-order chi connectivity index (χ1) is 19.0. The predicted octanol–water partition coefficient (Wildman–Crippen LogP) is 4.34. The molecule has 1 aromatic heterocycles. The Morgan fingerprint density at radius 1 is 1.20 bits per heavy atom. The van der Waals surface area contributed by atoms with Gasteiger partial charge >= 0.3 is 11.7 Å². The number of nitro groups is 1. The number of aromatic hydroxyl groups is 1. The van der Waals surface area contributed by atoms with Gasteiger partial charge in [0.25, 0.3) is 5.56 Å². The van der Waals surface area contributed by atoms with Crippen molar-refractivity contribution < 1.29 is 29.0 Å². The van der Waals surface area contributed by atoms with Crippen molar-refractivity contribution in [3.05, 3.63) is 85.4 Å². The number of hydrogen-bond donors (Lipinski definition) is 1. The molecule has 0 saturated carbocycles. The number of phenolic OH excluding ortho intramolecular Hbond substituents is 1. The summed E-state index contributed by atoms with van der Waals surface area (Å²) in [6, 6.07) is 5.09. The minimum atomic E-state index is -0.933. The Kier molecular flexibility index (Phi) is 8.80. The number of phenols is 1. The molecule has 40 heavy (non-hydrogen) atoms. The lowest BCUT2D eigenvalue weighted by atomic mass is 9.95. The molecular formula is C26H23Br2N3O8S. The molecule has 0 amide bonds. The van der Waals surface area contributed by atoms with Gasteiger partial charge in [-0.15, -0.1) is 0 Å². The molecule has 0 unspecified atom stereocenters. The first kappa shape index (κ1) is 29.5. The SMILES string of the molecule is CCOC(=O)C1=C(C)N=c2s/c(=C/c3cc(Br)c(O)c([N+](=O)[O-])c3)c(=O)n2[C@@H]1c1cc(OC)c(OCC)cc1Br. The lowest BCUT2D eigenvalue weighted by molar-refractivity contribution is -0.386. The van der Waals surface area contributed by atoms with Crippen LogP contribution in [0.25, 0.3) is 6.08 Å². The molecule has 4 rings (SSSR count). The Morgan fingerprint density at radius 3 is 2.55 bits per heavy atom. The highest BCUT2D eigenvalue weighted by atomic mass is 79.9. The summed E-state index contributed by atoms with van der Waals surface area (Å²) in [6.07, 6.45) is 1.47. The van der Waals surface area contributed by atoms with E-state index in [1.165, 1.54) is 29.9 Å². The van der Waals surface area contributed by atoms with Gasteiger partial charge in [0.2, 0.25) is 5.75 Å². The van der Waals surface area contributed by atoms with Gasteiger partial charge in [0.1, 0.15) is 0 Å². The second kappa shape index (κ2) is 11.9. The Bertz CT molecular complexity index is 1750. The van der Waals surface area contributed by atoms with Gasteiger partial charge in [-0.2, -0.15) is 0 Å². The van der Waals surface area contributed by atoms with Crippen LogP contribution in [-0.4, -0.2) is 40.9 Å². The molecular weight excluding hydrogens is 674 g/mol. The number of nitro benzene ring substituents is 1.